The Morgan fingerprint density at radius 2 is 1.11 bits per heavy atom. The molecule has 0 saturated heterocycles. The molecule has 9 N–H and O–H groups in total. The van der Waals surface area contributed by atoms with Crippen LogP contribution in [0.25, 0.3) is 0 Å². The van der Waals surface area contributed by atoms with E-state index in [1.807, 2.05) is 13.8 Å². The van der Waals surface area contributed by atoms with Crippen molar-refractivity contribution in [1.82, 2.24) is 16.0 Å². The Balaban J connectivity index is 5.64. The molecule has 0 rings (SSSR count). The van der Waals surface area contributed by atoms with Gasteiger partial charge in [0.1, 0.15) is 18.1 Å². The van der Waals surface area contributed by atoms with Gasteiger partial charge in [-0.15, -0.1) is 0 Å². The van der Waals surface area contributed by atoms with Crippen LogP contribution in [0, 0.1) is 11.8 Å². The Morgan fingerprint density at radius 1 is 0.686 bits per heavy atom. The van der Waals surface area contributed by atoms with Crippen LogP contribution in [-0.4, -0.2) is 69.9 Å². The fourth-order valence-electron chi connectivity index (χ4n) is 3.22. The summed E-state index contributed by atoms with van der Waals surface area (Å²) >= 11 is 0. The van der Waals surface area contributed by atoms with Crippen LogP contribution in [-0.2, 0) is 28.8 Å². The van der Waals surface area contributed by atoms with Gasteiger partial charge in [-0.1, -0.05) is 27.7 Å². The maximum Gasteiger partial charge on any atom is 0.326 e. The molecule has 0 saturated carbocycles. The molecule has 0 bridgehead atoms. The van der Waals surface area contributed by atoms with Crippen molar-refractivity contribution in [2.24, 2.45) is 23.3 Å². The van der Waals surface area contributed by atoms with Crippen LogP contribution in [0.4, 0.5) is 0 Å². The number of carbonyl (C=O) groups excluding carboxylic acids is 4. The van der Waals surface area contributed by atoms with Crippen LogP contribution in [0.1, 0.15) is 66.2 Å². The molecular formula is C22H39N5O8. The summed E-state index contributed by atoms with van der Waals surface area (Å²) in [6, 6.07) is -4.84. The van der Waals surface area contributed by atoms with E-state index in [0.29, 0.717) is 6.42 Å². The second kappa shape index (κ2) is 15.6. The van der Waals surface area contributed by atoms with Gasteiger partial charge in [0.05, 0.1) is 6.04 Å². The van der Waals surface area contributed by atoms with Crippen molar-refractivity contribution in [3.63, 3.8) is 0 Å². The predicted octanol–water partition coefficient (Wildman–Crippen LogP) is -0.925. The molecule has 0 aromatic carbocycles. The van der Waals surface area contributed by atoms with E-state index >= 15 is 0 Å². The van der Waals surface area contributed by atoms with Crippen LogP contribution >= 0.6 is 0 Å². The number of rotatable bonds is 17. The van der Waals surface area contributed by atoms with Gasteiger partial charge in [-0.25, -0.2) is 4.79 Å². The van der Waals surface area contributed by atoms with Crippen molar-refractivity contribution in [2.75, 3.05) is 0 Å². The summed E-state index contributed by atoms with van der Waals surface area (Å²) in [4.78, 5) is 71.9. The number of carbonyl (C=O) groups is 6. The molecule has 35 heavy (non-hydrogen) atoms. The molecule has 13 nitrogen and oxygen atoms in total. The first-order chi connectivity index (χ1) is 16.1. The lowest BCUT2D eigenvalue weighted by Gasteiger charge is -2.25. The highest BCUT2D eigenvalue weighted by Gasteiger charge is 2.31. The summed E-state index contributed by atoms with van der Waals surface area (Å²) < 4.78 is 0. The molecule has 0 aromatic heterocycles. The van der Waals surface area contributed by atoms with Crippen LogP contribution in [0.5, 0.6) is 0 Å². The first kappa shape index (κ1) is 31.8. The third-order valence-electron chi connectivity index (χ3n) is 4.98. The van der Waals surface area contributed by atoms with Gasteiger partial charge in [0.2, 0.25) is 23.6 Å². The number of carboxylic acid groups (broad SMARTS) is 2. The van der Waals surface area contributed by atoms with Crippen molar-refractivity contribution in [3.8, 4) is 0 Å². The third-order valence-corrected chi connectivity index (χ3v) is 4.98. The predicted molar refractivity (Wildman–Crippen MR) is 126 cm³/mol. The number of hydrogen-bond acceptors (Lipinski definition) is 7. The van der Waals surface area contributed by atoms with Crippen LogP contribution < -0.4 is 27.4 Å². The zero-order valence-corrected chi connectivity index (χ0v) is 20.7. The zero-order chi connectivity index (χ0) is 27.3. The summed E-state index contributed by atoms with van der Waals surface area (Å²) in [6.45, 7) is 7.25. The maximum absolute atomic E-state index is 12.9. The third kappa shape index (κ3) is 13.9. The lowest BCUT2D eigenvalue weighted by Crippen LogP contribution is -2.57. The number of carboxylic acids is 2. The maximum atomic E-state index is 12.9. The molecular weight excluding hydrogens is 462 g/mol. The highest BCUT2D eigenvalue weighted by atomic mass is 16.4. The van der Waals surface area contributed by atoms with Crippen molar-refractivity contribution >= 4 is 35.6 Å². The number of primary amides is 1. The lowest BCUT2D eigenvalue weighted by atomic mass is 10.0. The van der Waals surface area contributed by atoms with Crippen molar-refractivity contribution in [1.29, 1.82) is 0 Å². The van der Waals surface area contributed by atoms with Crippen molar-refractivity contribution in [2.45, 2.75) is 90.4 Å². The van der Waals surface area contributed by atoms with E-state index in [4.69, 9.17) is 16.6 Å². The molecule has 0 aliphatic carbocycles. The molecule has 0 radical (unpaired) electrons. The zero-order valence-electron chi connectivity index (χ0n) is 20.7. The molecule has 0 spiro atoms. The molecule has 0 aliphatic rings. The smallest absolute Gasteiger partial charge is 0.326 e. The standard InChI is InChI=1S/C22H39N5O8/c1-11(2)9-13(23)19(31)25-14(5-7-17(24)28)20(32)26-15(6-8-18(29)30)21(33)27-16(22(34)35)10-12(3)4/h11-16H,5-10,23H2,1-4H3,(H2,24,28)(H,25,31)(H,26,32)(H,27,33)(H,29,30)(H,34,35)/t13-,14-,15-,16-/m0/s1. The van der Waals surface area contributed by atoms with Crippen LogP contribution in [0.15, 0.2) is 0 Å². The molecule has 0 fully saturated rings. The summed E-state index contributed by atoms with van der Waals surface area (Å²) in [6.07, 6.45) is -0.793. The molecule has 0 aliphatic heterocycles. The Labute approximate surface area is 204 Å². The van der Waals surface area contributed by atoms with E-state index in [-0.39, 0.29) is 37.5 Å². The number of nitrogens with one attached hydrogen (secondary N) is 3. The minimum Gasteiger partial charge on any atom is -0.481 e. The van der Waals surface area contributed by atoms with Gasteiger partial charge >= 0.3 is 11.9 Å². The molecule has 0 heterocycles. The Morgan fingerprint density at radius 3 is 1.51 bits per heavy atom. The number of nitrogens with two attached hydrogens (primary N) is 2. The average Bonchev–Trinajstić information content (AvgIpc) is 2.71. The SMILES string of the molecule is CC(C)C[C@H](NC(=O)[C@H](CCC(=O)O)NC(=O)[C@H](CCC(N)=O)NC(=O)[C@@H](N)CC(C)C)C(=O)O. The van der Waals surface area contributed by atoms with E-state index < -0.39 is 66.2 Å². The summed E-state index contributed by atoms with van der Waals surface area (Å²) in [5, 5.41) is 25.5. The van der Waals surface area contributed by atoms with Crippen LogP contribution in [0.3, 0.4) is 0 Å². The number of hydrogen-bond donors (Lipinski definition) is 7. The normalized spacial score (nSPS) is 14.5. The van der Waals surface area contributed by atoms with Gasteiger partial charge < -0.3 is 37.6 Å². The number of amides is 4. The Kier molecular flexibility index (Phi) is 14.2. The lowest BCUT2D eigenvalue weighted by molar-refractivity contribution is -0.143. The summed E-state index contributed by atoms with van der Waals surface area (Å²) in [7, 11) is 0. The summed E-state index contributed by atoms with van der Waals surface area (Å²) in [5.41, 5.74) is 11.0. The highest BCUT2D eigenvalue weighted by molar-refractivity contribution is 5.94. The molecule has 200 valence electrons. The minimum atomic E-state index is -1.40. The highest BCUT2D eigenvalue weighted by Crippen LogP contribution is 2.08. The first-order valence-electron chi connectivity index (χ1n) is 11.5. The minimum absolute atomic E-state index is 0.0631. The van der Waals surface area contributed by atoms with E-state index in [2.05, 4.69) is 16.0 Å². The average molecular weight is 502 g/mol. The van der Waals surface area contributed by atoms with Gasteiger partial charge in [0, 0.05) is 12.8 Å². The van der Waals surface area contributed by atoms with Gasteiger partial charge in [0.15, 0.2) is 0 Å². The van der Waals surface area contributed by atoms with Crippen molar-refractivity contribution < 1.29 is 39.0 Å². The monoisotopic (exact) mass is 501 g/mol. The van der Waals surface area contributed by atoms with E-state index in [1.54, 1.807) is 13.8 Å². The first-order valence-corrected chi connectivity index (χ1v) is 11.5. The van der Waals surface area contributed by atoms with Gasteiger partial charge in [0.25, 0.3) is 0 Å². The largest absolute Gasteiger partial charge is 0.481 e. The van der Waals surface area contributed by atoms with Crippen molar-refractivity contribution in [3.05, 3.63) is 0 Å². The van der Waals surface area contributed by atoms with E-state index in [1.165, 1.54) is 0 Å². The van der Waals surface area contributed by atoms with E-state index in [9.17, 15) is 33.9 Å². The second-order valence-electron chi connectivity index (χ2n) is 9.32. The topological polar surface area (TPSA) is 231 Å². The fourth-order valence-corrected chi connectivity index (χ4v) is 3.22. The molecule has 0 aromatic rings. The number of aliphatic carboxylic acids is 2. The van der Waals surface area contributed by atoms with Crippen LogP contribution in [0.2, 0.25) is 0 Å². The van der Waals surface area contributed by atoms with E-state index in [0.717, 1.165) is 0 Å². The summed E-state index contributed by atoms with van der Waals surface area (Å²) in [5.74, 6) is -5.58. The Hall–Kier alpha value is -3.22. The van der Waals surface area contributed by atoms with Gasteiger partial charge in [-0.3, -0.25) is 24.0 Å². The quantitative estimate of drug-likeness (QED) is 0.130. The second-order valence-corrected chi connectivity index (χ2v) is 9.32. The van der Waals surface area contributed by atoms with Gasteiger partial charge in [-0.2, -0.15) is 0 Å². The molecule has 13 heteroatoms. The fraction of sp³-hybridized carbons (Fsp3) is 0.727. The molecule has 4 atom stereocenters. The van der Waals surface area contributed by atoms with Gasteiger partial charge in [-0.05, 0) is 37.5 Å². The molecule has 0 unspecified atom stereocenters. The molecule has 4 amide bonds. The Bertz CT molecular complexity index is 771.